The van der Waals surface area contributed by atoms with Gasteiger partial charge in [0.2, 0.25) is 10.0 Å². The molecule has 1 heterocycles. The van der Waals surface area contributed by atoms with E-state index < -0.39 is 39.1 Å². The number of hydrogen-bond donors (Lipinski definition) is 3. The van der Waals surface area contributed by atoms with Crippen molar-refractivity contribution in [1.82, 2.24) is 9.62 Å². The monoisotopic (exact) mass is 516 g/mol. The van der Waals surface area contributed by atoms with Crippen molar-refractivity contribution in [2.75, 3.05) is 31.9 Å². The van der Waals surface area contributed by atoms with Gasteiger partial charge in [0.25, 0.3) is 0 Å². The molecule has 12 heteroatoms. The third-order valence-corrected chi connectivity index (χ3v) is 7.17. The van der Waals surface area contributed by atoms with E-state index >= 15 is 0 Å². The normalized spacial score (nSPS) is 21.2. The molecule has 1 aliphatic carbocycles. The number of allylic oxidation sites excluding steroid dienone is 2. The average Bonchev–Trinajstić information content (AvgIpc) is 2.80. The first kappa shape index (κ1) is 28.3. The van der Waals surface area contributed by atoms with Crippen LogP contribution in [-0.4, -0.2) is 66.8 Å². The molecule has 3 rings (SSSR count). The lowest BCUT2D eigenvalue weighted by Crippen LogP contribution is -2.46. The molecule has 0 aromatic heterocycles. The van der Waals surface area contributed by atoms with E-state index in [1.54, 1.807) is 0 Å². The van der Waals surface area contributed by atoms with Crippen molar-refractivity contribution < 1.29 is 41.4 Å². The van der Waals surface area contributed by atoms with Gasteiger partial charge in [-0.25, -0.2) is 13.2 Å². The van der Waals surface area contributed by atoms with Crippen LogP contribution in [0.3, 0.4) is 0 Å². The summed E-state index contributed by atoms with van der Waals surface area (Å²) >= 11 is 0. The number of sulfonamides is 1. The quantitative estimate of drug-likeness (QED) is 0.531. The van der Waals surface area contributed by atoms with Gasteiger partial charge < -0.3 is 15.5 Å². The first-order valence-corrected chi connectivity index (χ1v) is 12.2. The van der Waals surface area contributed by atoms with E-state index in [9.17, 15) is 31.2 Å². The highest BCUT2D eigenvalue weighted by Gasteiger charge is 2.34. The maximum absolute atomic E-state index is 12.4. The minimum Gasteiger partial charge on any atom is -0.481 e. The number of carboxylic acid groups (broad SMARTS) is 2. The molecule has 1 aromatic carbocycles. The molecule has 1 unspecified atom stereocenters. The molecule has 0 spiro atoms. The van der Waals surface area contributed by atoms with Crippen LogP contribution in [0.1, 0.15) is 24.5 Å². The van der Waals surface area contributed by atoms with Crippen LogP contribution >= 0.6 is 0 Å². The fourth-order valence-corrected chi connectivity index (χ4v) is 4.59. The van der Waals surface area contributed by atoms with E-state index in [4.69, 9.17) is 10.2 Å². The zero-order valence-corrected chi connectivity index (χ0v) is 19.8. The van der Waals surface area contributed by atoms with Crippen molar-refractivity contribution in [3.63, 3.8) is 0 Å². The van der Waals surface area contributed by atoms with E-state index in [1.807, 2.05) is 0 Å². The molecule has 1 atom stereocenters. The molecular weight excluding hydrogens is 489 g/mol. The van der Waals surface area contributed by atoms with Crippen LogP contribution in [0.25, 0.3) is 6.08 Å². The largest absolute Gasteiger partial charge is 0.481 e. The summed E-state index contributed by atoms with van der Waals surface area (Å²) in [6.45, 7) is 3.64. The van der Waals surface area contributed by atoms with Crippen molar-refractivity contribution >= 4 is 28.0 Å². The Labute approximate surface area is 201 Å². The molecule has 35 heavy (non-hydrogen) atoms. The van der Waals surface area contributed by atoms with Gasteiger partial charge in [0, 0.05) is 31.8 Å². The molecule has 1 saturated heterocycles. The Morgan fingerprint density at radius 3 is 2.26 bits per heavy atom. The summed E-state index contributed by atoms with van der Waals surface area (Å²) in [6.07, 6.45) is 3.04. The molecule has 3 N–H and O–H groups in total. The van der Waals surface area contributed by atoms with Crippen molar-refractivity contribution in [3.8, 4) is 0 Å². The second-order valence-electron chi connectivity index (χ2n) is 8.21. The van der Waals surface area contributed by atoms with E-state index in [0.717, 1.165) is 12.1 Å². The Balaban J connectivity index is 0.000000283. The molecule has 2 aliphatic rings. The number of benzene rings is 1. The van der Waals surface area contributed by atoms with E-state index in [2.05, 4.69) is 5.32 Å². The number of hydrogen-bond acceptors (Lipinski definition) is 5. The zero-order chi connectivity index (χ0) is 26.3. The second kappa shape index (κ2) is 11.6. The van der Waals surface area contributed by atoms with Gasteiger partial charge in [-0.2, -0.15) is 17.5 Å². The molecule has 1 aromatic rings. The summed E-state index contributed by atoms with van der Waals surface area (Å²) in [7, 11) is -3.36. The minimum absolute atomic E-state index is 0.0359. The highest BCUT2D eigenvalue weighted by molar-refractivity contribution is 7.89. The lowest BCUT2D eigenvalue weighted by Gasteiger charge is -2.26. The molecule has 0 amide bonds. The van der Waals surface area contributed by atoms with E-state index in [1.165, 1.54) is 53.7 Å². The maximum Gasteiger partial charge on any atom is 0.416 e. The van der Waals surface area contributed by atoms with Gasteiger partial charge in [-0.15, -0.1) is 0 Å². The Bertz CT molecular complexity index is 1110. The van der Waals surface area contributed by atoms with Gasteiger partial charge in [0.05, 0.1) is 16.7 Å². The minimum atomic E-state index is -4.37. The fourth-order valence-electron chi connectivity index (χ4n) is 3.30. The molecule has 0 saturated carbocycles. The highest BCUT2D eigenvalue weighted by Crippen LogP contribution is 2.31. The smallest absolute Gasteiger partial charge is 0.416 e. The number of rotatable bonds is 6. The van der Waals surface area contributed by atoms with E-state index in [0.29, 0.717) is 31.7 Å². The average molecular weight is 517 g/mol. The van der Waals surface area contributed by atoms with Crippen molar-refractivity contribution in [3.05, 3.63) is 65.3 Å². The van der Waals surface area contributed by atoms with Crippen LogP contribution in [0.2, 0.25) is 0 Å². The summed E-state index contributed by atoms with van der Waals surface area (Å²) in [6, 6.07) is 4.59. The number of piperazine rings is 1. The topological polar surface area (TPSA) is 124 Å². The number of halogens is 3. The number of aliphatic carboxylic acids is 2. The molecule has 8 nitrogen and oxygen atoms in total. The predicted octanol–water partition coefficient (Wildman–Crippen LogP) is 3.00. The van der Waals surface area contributed by atoms with Gasteiger partial charge in [-0.3, -0.25) is 4.79 Å². The molecule has 1 aliphatic heterocycles. The Kier molecular flexibility index (Phi) is 9.41. The van der Waals surface area contributed by atoms with Gasteiger partial charge >= 0.3 is 18.1 Å². The lowest BCUT2D eigenvalue weighted by molar-refractivity contribution is -0.145. The molecule has 0 radical (unpaired) electrons. The molecule has 192 valence electrons. The summed E-state index contributed by atoms with van der Waals surface area (Å²) < 4.78 is 62.8. The SMILES string of the molecule is CC1(C(=O)O)C=CC=C(C(=O)O)C1.O=S(=O)(CC=Cc1ccc(C(F)(F)F)cc1)N1CCNCC1. The second-order valence-corrected chi connectivity index (χ2v) is 10.2. The van der Waals surface area contributed by atoms with Crippen LogP contribution in [-0.2, 0) is 25.8 Å². The number of nitrogens with zero attached hydrogens (tertiary/aromatic N) is 1. The van der Waals surface area contributed by atoms with Crippen molar-refractivity contribution in [2.24, 2.45) is 5.41 Å². The first-order chi connectivity index (χ1) is 16.2. The van der Waals surface area contributed by atoms with Gasteiger partial charge in [-0.1, -0.05) is 42.5 Å². The molecular formula is C23H27F3N2O6S. The number of alkyl halides is 3. The van der Waals surface area contributed by atoms with Crippen LogP contribution in [0.15, 0.2) is 54.1 Å². The third-order valence-electron chi connectivity index (χ3n) is 5.41. The summed E-state index contributed by atoms with van der Waals surface area (Å²) in [5, 5.41) is 20.6. The fraction of sp³-hybridized carbons (Fsp3) is 0.391. The standard InChI is InChI=1S/C14H17F3N2O2S.C9H10O4/c15-14(16,17)13-5-3-12(4-6-13)2-1-11-22(20,21)19-9-7-18-8-10-19;1-9(8(12)13)4-2-3-6(5-9)7(10)11/h1-6,18H,7-11H2;2-4H,5H2,1H3,(H,10,11)(H,12,13). The van der Waals surface area contributed by atoms with Gasteiger partial charge in [0.15, 0.2) is 0 Å². The van der Waals surface area contributed by atoms with Crippen LogP contribution in [0, 0.1) is 5.41 Å². The Hall–Kier alpha value is -2.96. The van der Waals surface area contributed by atoms with Crippen LogP contribution < -0.4 is 5.32 Å². The van der Waals surface area contributed by atoms with Crippen LogP contribution in [0.5, 0.6) is 0 Å². The van der Waals surface area contributed by atoms with E-state index in [-0.39, 0.29) is 17.7 Å². The molecule has 1 fully saturated rings. The third kappa shape index (κ3) is 8.34. The van der Waals surface area contributed by atoms with Crippen LogP contribution in [0.4, 0.5) is 13.2 Å². The van der Waals surface area contributed by atoms with Crippen molar-refractivity contribution in [2.45, 2.75) is 19.5 Å². The zero-order valence-electron chi connectivity index (χ0n) is 19.0. The summed E-state index contributed by atoms with van der Waals surface area (Å²) in [5.41, 5.74) is -1.14. The predicted molar refractivity (Wildman–Crippen MR) is 124 cm³/mol. The number of nitrogens with one attached hydrogen (secondary N) is 1. The van der Waals surface area contributed by atoms with Gasteiger partial charge in [0.1, 0.15) is 0 Å². The number of carboxylic acids is 2. The first-order valence-electron chi connectivity index (χ1n) is 10.6. The lowest BCUT2D eigenvalue weighted by atomic mass is 9.80. The molecule has 0 bridgehead atoms. The van der Waals surface area contributed by atoms with Crippen molar-refractivity contribution in [1.29, 1.82) is 0 Å². The highest BCUT2D eigenvalue weighted by atomic mass is 32.2. The summed E-state index contributed by atoms with van der Waals surface area (Å²) in [5.74, 6) is -2.22. The summed E-state index contributed by atoms with van der Waals surface area (Å²) in [4.78, 5) is 21.3. The maximum atomic E-state index is 12.4. The number of carbonyl (C=O) groups is 2. The van der Waals surface area contributed by atoms with Gasteiger partial charge in [-0.05, 0) is 31.0 Å². The Morgan fingerprint density at radius 1 is 1.14 bits per heavy atom. The Morgan fingerprint density at radius 2 is 1.74 bits per heavy atom.